The van der Waals surface area contributed by atoms with Crippen LogP contribution in [0.3, 0.4) is 0 Å². The summed E-state index contributed by atoms with van der Waals surface area (Å²) in [4.78, 5) is 27.4. The van der Waals surface area contributed by atoms with E-state index < -0.39 is 0 Å². The van der Waals surface area contributed by atoms with Gasteiger partial charge in [0, 0.05) is 61.9 Å². The SMILES string of the molecule is COc1ccc2cc1-c1cc(ccc1O)[C@H]1C[C@@H](OC(C)=O)C[C@@H]3CCC[C@@H](CC(=O)CC2)N31. The summed E-state index contributed by atoms with van der Waals surface area (Å²) in [6, 6.07) is 12.2. The van der Waals surface area contributed by atoms with Crippen LogP contribution >= 0.6 is 0 Å². The average Bonchev–Trinajstić information content (AvgIpc) is 2.82. The fourth-order valence-corrected chi connectivity index (χ4v) is 6.30. The number of aromatic hydroxyl groups is 1. The molecule has 3 aliphatic rings. The van der Waals surface area contributed by atoms with Crippen LogP contribution in [0.2, 0.25) is 0 Å². The summed E-state index contributed by atoms with van der Waals surface area (Å²) in [5, 5.41) is 10.8. The molecule has 2 saturated heterocycles. The van der Waals surface area contributed by atoms with Crippen molar-refractivity contribution in [2.45, 2.75) is 82.5 Å². The van der Waals surface area contributed by atoms with E-state index in [1.54, 1.807) is 13.2 Å². The number of esters is 1. The molecular weight excluding hydrogens is 430 g/mol. The zero-order valence-electron chi connectivity index (χ0n) is 20.0. The summed E-state index contributed by atoms with van der Waals surface area (Å²) in [7, 11) is 1.63. The second kappa shape index (κ2) is 9.41. The highest BCUT2D eigenvalue weighted by atomic mass is 16.5. The first-order chi connectivity index (χ1) is 16.4. The lowest BCUT2D eigenvalue weighted by atomic mass is 9.80. The van der Waals surface area contributed by atoms with Gasteiger partial charge in [-0.15, -0.1) is 0 Å². The minimum Gasteiger partial charge on any atom is -0.507 e. The van der Waals surface area contributed by atoms with Gasteiger partial charge in [0.15, 0.2) is 0 Å². The van der Waals surface area contributed by atoms with E-state index in [9.17, 15) is 14.7 Å². The first kappa shape index (κ1) is 22.9. The molecule has 0 aromatic heterocycles. The van der Waals surface area contributed by atoms with Gasteiger partial charge in [0.05, 0.1) is 7.11 Å². The van der Waals surface area contributed by atoms with Crippen molar-refractivity contribution >= 4 is 11.8 Å². The number of phenols is 1. The molecule has 5 rings (SSSR count). The van der Waals surface area contributed by atoms with Crippen LogP contribution in [0.4, 0.5) is 0 Å². The molecular formula is C28H33NO5. The Morgan fingerprint density at radius 1 is 1.03 bits per heavy atom. The molecule has 0 spiro atoms. The van der Waals surface area contributed by atoms with Crippen molar-refractivity contribution in [1.82, 2.24) is 4.90 Å². The maximum Gasteiger partial charge on any atom is 0.302 e. The molecule has 0 saturated carbocycles. The third kappa shape index (κ3) is 4.43. The van der Waals surface area contributed by atoms with Gasteiger partial charge in [-0.25, -0.2) is 0 Å². The van der Waals surface area contributed by atoms with Gasteiger partial charge >= 0.3 is 5.97 Å². The van der Waals surface area contributed by atoms with E-state index >= 15 is 0 Å². The summed E-state index contributed by atoms with van der Waals surface area (Å²) in [6.45, 7) is 1.47. The minimum atomic E-state index is -0.251. The number of hydrogen-bond acceptors (Lipinski definition) is 6. The number of phenolic OH excluding ortho intramolecular Hbond substituents is 1. The van der Waals surface area contributed by atoms with Gasteiger partial charge in [0.2, 0.25) is 0 Å². The van der Waals surface area contributed by atoms with E-state index in [1.165, 1.54) is 6.92 Å². The molecule has 0 aliphatic carbocycles. The van der Waals surface area contributed by atoms with Crippen LogP contribution in [0.15, 0.2) is 36.4 Å². The summed E-state index contributed by atoms with van der Waals surface area (Å²) >= 11 is 0. The van der Waals surface area contributed by atoms with E-state index in [2.05, 4.69) is 11.0 Å². The number of rotatable bonds is 2. The number of Topliss-reactive ketones (excluding diaryl/α,β-unsaturated/α-hetero) is 1. The summed E-state index contributed by atoms with van der Waals surface area (Å²) in [6.07, 6.45) is 6.19. The van der Waals surface area contributed by atoms with Crippen molar-refractivity contribution in [3.63, 3.8) is 0 Å². The Hall–Kier alpha value is -2.86. The third-order valence-corrected chi connectivity index (χ3v) is 7.75. The van der Waals surface area contributed by atoms with Gasteiger partial charge in [-0.2, -0.15) is 0 Å². The molecule has 1 N–H and O–H groups in total. The van der Waals surface area contributed by atoms with Crippen molar-refractivity contribution in [2.24, 2.45) is 0 Å². The van der Waals surface area contributed by atoms with Gasteiger partial charge in [0.1, 0.15) is 23.4 Å². The molecule has 3 aliphatic heterocycles. The third-order valence-electron chi connectivity index (χ3n) is 7.75. The Kier molecular flexibility index (Phi) is 6.34. The maximum atomic E-state index is 13.1. The Labute approximate surface area is 200 Å². The summed E-state index contributed by atoms with van der Waals surface area (Å²) in [5.41, 5.74) is 3.68. The number of carbonyl (C=O) groups is 2. The normalized spacial score (nSPS) is 26.9. The Balaban J connectivity index is 1.65. The van der Waals surface area contributed by atoms with Crippen LogP contribution in [-0.4, -0.2) is 47.1 Å². The van der Waals surface area contributed by atoms with Crippen LogP contribution in [0.1, 0.15) is 69.0 Å². The van der Waals surface area contributed by atoms with Gasteiger partial charge in [-0.3, -0.25) is 14.5 Å². The molecule has 3 heterocycles. The number of ketones is 1. The van der Waals surface area contributed by atoms with E-state index in [4.69, 9.17) is 9.47 Å². The molecule has 0 radical (unpaired) electrons. The number of benzene rings is 2. The van der Waals surface area contributed by atoms with Gasteiger partial charge in [0.25, 0.3) is 0 Å². The Bertz CT molecular complexity index is 1100. The monoisotopic (exact) mass is 463 g/mol. The smallest absolute Gasteiger partial charge is 0.302 e. The average molecular weight is 464 g/mol. The fourth-order valence-electron chi connectivity index (χ4n) is 6.30. The number of piperidine rings is 2. The van der Waals surface area contributed by atoms with E-state index in [0.717, 1.165) is 47.9 Å². The molecule has 4 bridgehead atoms. The molecule has 180 valence electrons. The fraction of sp³-hybridized carbons (Fsp3) is 0.500. The minimum absolute atomic E-state index is 0.00970. The van der Waals surface area contributed by atoms with Crippen LogP contribution in [0, 0.1) is 0 Å². The predicted octanol–water partition coefficient (Wildman–Crippen LogP) is 4.96. The number of ether oxygens (including phenoxy) is 2. The van der Waals surface area contributed by atoms with Gasteiger partial charge < -0.3 is 14.6 Å². The van der Waals surface area contributed by atoms with Crippen LogP contribution in [-0.2, 0) is 20.7 Å². The molecule has 0 unspecified atom stereocenters. The molecule has 34 heavy (non-hydrogen) atoms. The van der Waals surface area contributed by atoms with E-state index in [-0.39, 0.29) is 41.7 Å². The van der Waals surface area contributed by atoms with Crippen molar-refractivity contribution in [3.05, 3.63) is 47.5 Å². The number of aryl methyl sites for hydroxylation is 1. The highest BCUT2D eigenvalue weighted by Gasteiger charge is 2.43. The molecule has 4 atom stereocenters. The largest absolute Gasteiger partial charge is 0.507 e. The summed E-state index contributed by atoms with van der Waals surface area (Å²) < 4.78 is 11.3. The Morgan fingerprint density at radius 2 is 1.85 bits per heavy atom. The molecule has 2 fully saturated rings. The number of nitrogens with zero attached hydrogens (tertiary/aromatic N) is 1. The van der Waals surface area contributed by atoms with Crippen LogP contribution in [0.5, 0.6) is 11.5 Å². The summed E-state index contributed by atoms with van der Waals surface area (Å²) in [5.74, 6) is 0.924. The van der Waals surface area contributed by atoms with E-state index in [1.807, 2.05) is 24.3 Å². The number of fused-ring (bicyclic) bond motifs is 6. The molecule has 6 nitrogen and oxygen atoms in total. The van der Waals surface area contributed by atoms with Crippen molar-refractivity contribution < 1.29 is 24.2 Å². The van der Waals surface area contributed by atoms with Gasteiger partial charge in [-0.1, -0.05) is 18.6 Å². The highest BCUT2D eigenvalue weighted by molar-refractivity contribution is 5.80. The number of methoxy groups -OCH3 is 1. The lowest BCUT2D eigenvalue weighted by molar-refractivity contribution is -0.153. The first-order valence-electron chi connectivity index (χ1n) is 12.4. The van der Waals surface area contributed by atoms with Crippen molar-refractivity contribution in [1.29, 1.82) is 0 Å². The lowest BCUT2D eigenvalue weighted by Crippen LogP contribution is -2.54. The quantitative estimate of drug-likeness (QED) is 0.634. The lowest BCUT2D eigenvalue weighted by Gasteiger charge is -2.51. The van der Waals surface area contributed by atoms with Crippen LogP contribution < -0.4 is 4.74 Å². The number of carbonyl (C=O) groups excluding carboxylic acids is 2. The standard InChI is InChI=1S/C28H33NO5/c1-17(30)34-23-15-21-5-3-4-20-14-22(31)9-6-18-7-11-28(33-2)25(12-18)24-13-19(8-10-27(24)32)26(16-23)29(20)21/h7-8,10-13,20-21,23,26,32H,3-6,9,14-16H2,1-2H3/t20-,21-,23-,26+/m0/s1. The molecule has 2 aromatic rings. The van der Waals surface area contributed by atoms with Crippen molar-refractivity contribution in [3.8, 4) is 22.6 Å². The topological polar surface area (TPSA) is 76.1 Å². The molecule has 0 amide bonds. The van der Waals surface area contributed by atoms with Crippen molar-refractivity contribution in [2.75, 3.05) is 7.11 Å². The second-order valence-corrected chi connectivity index (χ2v) is 9.96. The number of hydrogen-bond donors (Lipinski definition) is 1. The molecule has 6 heteroatoms. The zero-order valence-corrected chi connectivity index (χ0v) is 20.0. The zero-order chi connectivity index (χ0) is 23.8. The van der Waals surface area contributed by atoms with E-state index in [0.29, 0.717) is 31.4 Å². The molecule has 2 aromatic carbocycles. The Morgan fingerprint density at radius 3 is 2.65 bits per heavy atom. The second-order valence-electron chi connectivity index (χ2n) is 9.96. The first-order valence-corrected chi connectivity index (χ1v) is 12.4. The van der Waals surface area contributed by atoms with Crippen LogP contribution in [0.25, 0.3) is 11.1 Å². The highest BCUT2D eigenvalue weighted by Crippen LogP contribution is 2.46. The maximum absolute atomic E-state index is 13.1. The van der Waals surface area contributed by atoms with Gasteiger partial charge in [-0.05, 0) is 54.7 Å². The predicted molar refractivity (Wildman–Crippen MR) is 129 cm³/mol.